The van der Waals surface area contributed by atoms with Crippen molar-refractivity contribution in [3.8, 4) is 11.5 Å². The molecular formula is C22H26ClN2O3+. The van der Waals surface area contributed by atoms with Crippen LogP contribution in [0.3, 0.4) is 0 Å². The van der Waals surface area contributed by atoms with Crippen molar-refractivity contribution in [1.29, 1.82) is 0 Å². The van der Waals surface area contributed by atoms with E-state index in [0.29, 0.717) is 32.3 Å². The van der Waals surface area contributed by atoms with E-state index in [0.717, 1.165) is 47.9 Å². The molecule has 2 aromatic carbocycles. The van der Waals surface area contributed by atoms with Crippen molar-refractivity contribution >= 4 is 17.5 Å². The van der Waals surface area contributed by atoms with Gasteiger partial charge in [-0.3, -0.25) is 4.79 Å². The molecule has 1 saturated heterocycles. The van der Waals surface area contributed by atoms with Crippen molar-refractivity contribution in [2.24, 2.45) is 0 Å². The maximum Gasteiger partial charge on any atom is 0.275 e. The Hall–Kier alpha value is -2.24. The standard InChI is InChI=1S/C22H25ClN2O3/c23-18-4-1-3-16(13-18)8-9-24-22(26)15-25-10-2-5-19(25)17-6-7-20-21(14-17)28-12-11-27-20/h1,3-4,6-7,13-14,19H,2,5,8-12,15H2,(H,24,26)/p+1/t19-/m0/s1. The molecule has 4 rings (SSSR count). The predicted octanol–water partition coefficient (Wildman–Crippen LogP) is 2.19. The van der Waals surface area contributed by atoms with Crippen LogP contribution < -0.4 is 19.7 Å². The largest absolute Gasteiger partial charge is 0.486 e. The van der Waals surface area contributed by atoms with E-state index >= 15 is 0 Å². The van der Waals surface area contributed by atoms with Crippen LogP contribution in [0.5, 0.6) is 11.5 Å². The maximum atomic E-state index is 12.5. The second-order valence-corrected chi connectivity index (χ2v) is 7.85. The summed E-state index contributed by atoms with van der Waals surface area (Å²) in [5.74, 6) is 1.73. The smallest absolute Gasteiger partial charge is 0.275 e. The van der Waals surface area contributed by atoms with Gasteiger partial charge in [-0.25, -0.2) is 0 Å². The lowest BCUT2D eigenvalue weighted by molar-refractivity contribution is -0.910. The van der Waals surface area contributed by atoms with Crippen molar-refractivity contribution in [3.05, 3.63) is 58.6 Å². The number of halogens is 1. The van der Waals surface area contributed by atoms with Crippen LogP contribution in [0.25, 0.3) is 0 Å². The van der Waals surface area contributed by atoms with Gasteiger partial charge in [0, 0.05) is 30.0 Å². The van der Waals surface area contributed by atoms with E-state index in [1.54, 1.807) is 0 Å². The van der Waals surface area contributed by atoms with E-state index < -0.39 is 0 Å². The Morgan fingerprint density at radius 2 is 2.00 bits per heavy atom. The number of carbonyl (C=O) groups excluding carboxylic acids is 1. The third-order valence-corrected chi connectivity index (χ3v) is 5.70. The second kappa shape index (κ2) is 8.84. The summed E-state index contributed by atoms with van der Waals surface area (Å²) >= 11 is 6.01. The minimum Gasteiger partial charge on any atom is -0.486 e. The van der Waals surface area contributed by atoms with Crippen molar-refractivity contribution in [2.75, 3.05) is 32.8 Å². The number of benzene rings is 2. The molecule has 1 fully saturated rings. The molecule has 5 nitrogen and oxygen atoms in total. The van der Waals surface area contributed by atoms with Gasteiger partial charge in [0.05, 0.1) is 6.54 Å². The lowest BCUT2D eigenvalue weighted by Gasteiger charge is -2.24. The SMILES string of the molecule is O=C(C[NH+]1CCC[C@H]1c1ccc2c(c1)OCCO2)NCCc1cccc(Cl)c1. The Kier molecular flexibility index (Phi) is 6.03. The summed E-state index contributed by atoms with van der Waals surface area (Å²) in [6.45, 7) is 3.33. The fourth-order valence-electron chi connectivity index (χ4n) is 4.11. The molecular weight excluding hydrogens is 376 g/mol. The van der Waals surface area contributed by atoms with Crippen LogP contribution in [0.15, 0.2) is 42.5 Å². The molecule has 2 aliphatic rings. The molecule has 0 radical (unpaired) electrons. The molecule has 1 amide bonds. The highest BCUT2D eigenvalue weighted by Crippen LogP contribution is 2.33. The van der Waals surface area contributed by atoms with Crippen LogP contribution in [-0.2, 0) is 11.2 Å². The Bertz CT molecular complexity index is 842. The number of ether oxygens (including phenoxy) is 2. The van der Waals surface area contributed by atoms with Crippen molar-refractivity contribution < 1.29 is 19.2 Å². The van der Waals surface area contributed by atoms with Gasteiger partial charge in [0.15, 0.2) is 18.0 Å². The van der Waals surface area contributed by atoms with Gasteiger partial charge in [0.2, 0.25) is 0 Å². The topological polar surface area (TPSA) is 52.0 Å². The molecule has 2 atom stereocenters. The molecule has 2 aliphatic heterocycles. The Morgan fingerprint density at radius 1 is 1.14 bits per heavy atom. The third kappa shape index (κ3) is 4.59. The summed E-state index contributed by atoms with van der Waals surface area (Å²) in [4.78, 5) is 13.8. The molecule has 2 aromatic rings. The summed E-state index contributed by atoms with van der Waals surface area (Å²) in [5.41, 5.74) is 2.36. The van der Waals surface area contributed by atoms with Crippen LogP contribution in [0.2, 0.25) is 5.02 Å². The molecule has 148 valence electrons. The quantitative estimate of drug-likeness (QED) is 0.780. The number of amides is 1. The Morgan fingerprint density at radius 3 is 2.86 bits per heavy atom. The third-order valence-electron chi connectivity index (χ3n) is 5.46. The first kappa shape index (κ1) is 19.1. The second-order valence-electron chi connectivity index (χ2n) is 7.41. The fraction of sp³-hybridized carbons (Fsp3) is 0.409. The first-order valence-electron chi connectivity index (χ1n) is 9.94. The molecule has 0 spiro atoms. The molecule has 28 heavy (non-hydrogen) atoms. The summed E-state index contributed by atoms with van der Waals surface area (Å²) < 4.78 is 11.3. The zero-order chi connectivity index (χ0) is 19.3. The van der Waals surface area contributed by atoms with E-state index in [1.807, 2.05) is 30.3 Å². The first-order valence-corrected chi connectivity index (χ1v) is 10.3. The van der Waals surface area contributed by atoms with E-state index in [9.17, 15) is 4.79 Å². The number of hydrogen-bond acceptors (Lipinski definition) is 3. The Balaban J connectivity index is 1.31. The predicted molar refractivity (Wildman–Crippen MR) is 108 cm³/mol. The molecule has 0 saturated carbocycles. The molecule has 0 aromatic heterocycles. The highest BCUT2D eigenvalue weighted by Gasteiger charge is 2.32. The van der Waals surface area contributed by atoms with E-state index in [4.69, 9.17) is 21.1 Å². The highest BCUT2D eigenvalue weighted by atomic mass is 35.5. The average molecular weight is 402 g/mol. The fourth-order valence-corrected chi connectivity index (χ4v) is 4.32. The number of rotatable bonds is 6. The lowest BCUT2D eigenvalue weighted by Crippen LogP contribution is -3.11. The maximum absolute atomic E-state index is 12.5. The van der Waals surface area contributed by atoms with Crippen molar-refractivity contribution in [2.45, 2.75) is 25.3 Å². The number of likely N-dealkylation sites (tertiary alicyclic amines) is 1. The molecule has 2 heterocycles. The number of carbonyl (C=O) groups is 1. The van der Waals surface area contributed by atoms with Gasteiger partial charge in [-0.05, 0) is 42.3 Å². The monoisotopic (exact) mass is 401 g/mol. The summed E-state index contributed by atoms with van der Waals surface area (Å²) in [6, 6.07) is 14.3. The number of nitrogens with one attached hydrogen (secondary N) is 2. The van der Waals surface area contributed by atoms with Crippen LogP contribution in [0.4, 0.5) is 0 Å². The summed E-state index contributed by atoms with van der Waals surface area (Å²) in [6.07, 6.45) is 3.00. The van der Waals surface area contributed by atoms with Gasteiger partial charge in [0.25, 0.3) is 5.91 Å². The zero-order valence-electron chi connectivity index (χ0n) is 15.9. The molecule has 2 N–H and O–H groups in total. The van der Waals surface area contributed by atoms with Gasteiger partial charge in [-0.1, -0.05) is 23.7 Å². The van der Waals surface area contributed by atoms with E-state index in [1.165, 1.54) is 10.5 Å². The zero-order valence-corrected chi connectivity index (χ0v) is 16.6. The van der Waals surface area contributed by atoms with Gasteiger partial charge in [-0.2, -0.15) is 0 Å². The number of quaternary nitrogens is 1. The number of hydrogen-bond donors (Lipinski definition) is 2. The van der Waals surface area contributed by atoms with Crippen molar-refractivity contribution in [1.82, 2.24) is 5.32 Å². The number of fused-ring (bicyclic) bond motifs is 1. The Labute approximate surface area is 170 Å². The van der Waals surface area contributed by atoms with Crippen molar-refractivity contribution in [3.63, 3.8) is 0 Å². The lowest BCUT2D eigenvalue weighted by atomic mass is 10.0. The van der Waals surface area contributed by atoms with E-state index in [2.05, 4.69) is 17.4 Å². The first-order chi connectivity index (χ1) is 13.7. The summed E-state index contributed by atoms with van der Waals surface area (Å²) in [5, 5.41) is 3.78. The van der Waals surface area contributed by atoms with Gasteiger partial charge >= 0.3 is 0 Å². The van der Waals surface area contributed by atoms with E-state index in [-0.39, 0.29) is 5.91 Å². The molecule has 1 unspecified atom stereocenters. The minimum absolute atomic E-state index is 0.0986. The average Bonchev–Trinajstić information content (AvgIpc) is 3.15. The molecule has 0 aliphatic carbocycles. The van der Waals surface area contributed by atoms with Crippen LogP contribution in [0, 0.1) is 0 Å². The molecule has 0 bridgehead atoms. The van der Waals surface area contributed by atoms with Gasteiger partial charge in [-0.15, -0.1) is 0 Å². The highest BCUT2D eigenvalue weighted by molar-refractivity contribution is 6.30. The van der Waals surface area contributed by atoms with Crippen LogP contribution >= 0.6 is 11.6 Å². The normalized spacial score (nSPS) is 20.8. The van der Waals surface area contributed by atoms with Gasteiger partial charge in [0.1, 0.15) is 19.3 Å². The van der Waals surface area contributed by atoms with Gasteiger partial charge < -0.3 is 19.7 Å². The van der Waals surface area contributed by atoms with Crippen LogP contribution in [-0.4, -0.2) is 38.8 Å². The molecule has 6 heteroatoms. The minimum atomic E-state index is 0.0986. The summed E-state index contributed by atoms with van der Waals surface area (Å²) in [7, 11) is 0. The van der Waals surface area contributed by atoms with Crippen LogP contribution in [0.1, 0.15) is 30.0 Å².